The number of aliphatic hydroxyl groups excluding tert-OH is 1. The molecule has 176 valence electrons. The number of halogens is 4. The zero-order valence-electron chi connectivity index (χ0n) is 18.3. The Bertz CT molecular complexity index is 985. The van der Waals surface area contributed by atoms with E-state index in [0.29, 0.717) is 6.42 Å². The van der Waals surface area contributed by atoms with E-state index in [1.807, 2.05) is 13.8 Å². The van der Waals surface area contributed by atoms with Crippen LogP contribution >= 0.6 is 35.4 Å². The fourth-order valence-corrected chi connectivity index (χ4v) is 9.16. The molecule has 0 aromatic heterocycles. The van der Waals surface area contributed by atoms with Gasteiger partial charge in [0.25, 0.3) is 0 Å². The molecule has 1 N–H and O–H groups in total. The number of carbonyl (C=O) groups is 2. The number of rotatable bonds is 2. The van der Waals surface area contributed by atoms with Crippen LogP contribution in [0.4, 0.5) is 8.78 Å². The van der Waals surface area contributed by atoms with Gasteiger partial charge in [0.15, 0.2) is 11.4 Å². The molecule has 0 aromatic rings. The maximum atomic E-state index is 15.6. The lowest BCUT2D eigenvalue weighted by atomic mass is 9.46. The number of allylic oxidation sites excluding steroid dienone is 4. The Balaban J connectivity index is 1.91. The van der Waals surface area contributed by atoms with Gasteiger partial charge in [-0.2, -0.15) is 0 Å². The van der Waals surface area contributed by atoms with Crippen LogP contribution in [0.1, 0.15) is 47.0 Å². The van der Waals surface area contributed by atoms with Crippen molar-refractivity contribution in [1.29, 1.82) is 0 Å². The maximum Gasteiger partial charge on any atom is 0.303 e. The molecule has 0 bridgehead atoms. The van der Waals surface area contributed by atoms with Crippen LogP contribution in [0.2, 0.25) is 0 Å². The fraction of sp³-hybridized carbons (Fsp3) is 0.696. The molecule has 9 heteroatoms. The van der Waals surface area contributed by atoms with E-state index in [-0.39, 0.29) is 30.3 Å². The van der Waals surface area contributed by atoms with E-state index < -0.39 is 61.4 Å². The highest BCUT2D eigenvalue weighted by atomic mass is 35.5. The number of carbonyl (C=O) groups excluding carboxylic acids is 2. The number of fused-ring (bicyclic) bond motifs is 5. The van der Waals surface area contributed by atoms with Crippen molar-refractivity contribution in [2.75, 3.05) is 0 Å². The second-order valence-electron chi connectivity index (χ2n) is 10.2. The molecule has 3 fully saturated rings. The Hall–Kier alpha value is -1.05. The topological polar surface area (TPSA) is 63.6 Å². The lowest BCUT2D eigenvalue weighted by molar-refractivity contribution is -0.171. The standard InChI is InChI=1S/C23H26Cl2F2O4S/c1-10-7-12-13-8-14(26)17-18(27)15(29)5-6-20(17,3)22(13,25)16(24)9-21(12,4)23(10,19(30)32)31-11(2)28/h5-6,10,12-14,16H,7-9H2,1-4H3,(H,30,32)/t10-,12-,13-,14-,16-,20-,21-,22-,23-/m0/s1. The summed E-state index contributed by atoms with van der Waals surface area (Å²) in [5, 5.41) is 9.37. The summed E-state index contributed by atoms with van der Waals surface area (Å²) in [5.41, 5.74) is -3.96. The SMILES string of the molecule is CC(=O)O[C@]1(C(O)=S)[C@@H](C)C[C@H]2[C@@H]3C[C@H](F)C4=C(F)C(=O)C=C[C@]4(C)[C@@]3(Cl)[C@@H](Cl)C[C@@]21C. The molecule has 0 spiro atoms. The van der Waals surface area contributed by atoms with Gasteiger partial charge in [0.1, 0.15) is 6.17 Å². The number of hydrogen-bond acceptors (Lipinski definition) is 4. The summed E-state index contributed by atoms with van der Waals surface area (Å²) in [4.78, 5) is 22.7. The highest BCUT2D eigenvalue weighted by Gasteiger charge is 2.77. The molecule has 4 aliphatic carbocycles. The van der Waals surface area contributed by atoms with Crippen LogP contribution in [-0.4, -0.2) is 43.9 Å². The summed E-state index contributed by atoms with van der Waals surface area (Å²) in [6.45, 7) is 6.55. The van der Waals surface area contributed by atoms with Crippen molar-refractivity contribution in [3.63, 3.8) is 0 Å². The van der Waals surface area contributed by atoms with Crippen LogP contribution in [-0.2, 0) is 14.3 Å². The normalized spacial score (nSPS) is 49.9. The van der Waals surface area contributed by atoms with E-state index >= 15 is 4.39 Å². The van der Waals surface area contributed by atoms with Crippen molar-refractivity contribution in [2.24, 2.45) is 28.6 Å². The number of ketones is 1. The minimum atomic E-state index is -1.72. The molecule has 9 atom stereocenters. The van der Waals surface area contributed by atoms with Crippen LogP contribution in [0.3, 0.4) is 0 Å². The third-order valence-corrected chi connectivity index (χ3v) is 10.7. The first kappa shape index (κ1) is 24.1. The molecule has 4 aliphatic rings. The van der Waals surface area contributed by atoms with Crippen LogP contribution in [0.5, 0.6) is 0 Å². The van der Waals surface area contributed by atoms with Gasteiger partial charge in [0.05, 0.1) is 10.3 Å². The number of esters is 1. The van der Waals surface area contributed by atoms with Gasteiger partial charge in [-0.3, -0.25) is 9.59 Å². The molecule has 0 unspecified atom stereocenters. The summed E-state index contributed by atoms with van der Waals surface area (Å²) < 4.78 is 36.2. The first-order valence-electron chi connectivity index (χ1n) is 10.7. The van der Waals surface area contributed by atoms with Crippen molar-refractivity contribution in [3.8, 4) is 0 Å². The lowest BCUT2D eigenvalue weighted by Crippen LogP contribution is -2.69. The highest BCUT2D eigenvalue weighted by molar-refractivity contribution is 7.80. The zero-order chi connectivity index (χ0) is 24.0. The molecule has 0 aromatic carbocycles. The first-order chi connectivity index (χ1) is 14.7. The Morgan fingerprint density at radius 2 is 1.94 bits per heavy atom. The summed E-state index contributed by atoms with van der Waals surface area (Å²) in [7, 11) is 0. The first-order valence-corrected chi connectivity index (χ1v) is 11.9. The van der Waals surface area contributed by atoms with Crippen molar-refractivity contribution in [3.05, 3.63) is 23.6 Å². The van der Waals surface area contributed by atoms with Crippen molar-refractivity contribution in [2.45, 2.75) is 69.0 Å². The van der Waals surface area contributed by atoms with Crippen molar-refractivity contribution < 1.29 is 28.2 Å². The van der Waals surface area contributed by atoms with Crippen LogP contribution < -0.4 is 0 Å². The van der Waals surface area contributed by atoms with Gasteiger partial charge in [0, 0.05) is 29.2 Å². The van der Waals surface area contributed by atoms with Crippen molar-refractivity contribution >= 4 is 52.2 Å². The van der Waals surface area contributed by atoms with E-state index in [1.165, 1.54) is 13.0 Å². The Morgan fingerprint density at radius 3 is 2.50 bits per heavy atom. The van der Waals surface area contributed by atoms with Gasteiger partial charge >= 0.3 is 5.97 Å². The summed E-state index contributed by atoms with van der Waals surface area (Å²) in [5.74, 6) is -3.81. The third-order valence-electron chi connectivity index (χ3n) is 8.83. The molecule has 3 saturated carbocycles. The number of alkyl halides is 3. The van der Waals surface area contributed by atoms with Crippen LogP contribution in [0, 0.1) is 28.6 Å². The number of thiocarbonyl (C=S) groups is 1. The van der Waals surface area contributed by atoms with E-state index in [2.05, 4.69) is 0 Å². The van der Waals surface area contributed by atoms with Crippen molar-refractivity contribution in [1.82, 2.24) is 0 Å². The Kier molecular flexibility index (Phi) is 5.44. The second-order valence-corrected chi connectivity index (χ2v) is 11.7. The number of hydrogen-bond donors (Lipinski definition) is 1. The second kappa shape index (κ2) is 7.22. The summed E-state index contributed by atoms with van der Waals surface area (Å²) in [6.07, 6.45) is 1.37. The van der Waals surface area contributed by atoms with E-state index in [4.69, 9.17) is 40.2 Å². The Morgan fingerprint density at radius 1 is 1.31 bits per heavy atom. The molecule has 0 heterocycles. The minimum Gasteiger partial charge on any atom is -0.499 e. The van der Waals surface area contributed by atoms with Gasteiger partial charge in [-0.1, -0.05) is 26.8 Å². The molecular weight excluding hydrogens is 481 g/mol. The van der Waals surface area contributed by atoms with E-state index in [1.54, 1.807) is 6.92 Å². The average Bonchev–Trinajstić information content (AvgIpc) is 2.89. The number of aliphatic hydroxyl groups is 1. The van der Waals surface area contributed by atoms with Gasteiger partial charge < -0.3 is 9.84 Å². The summed E-state index contributed by atoms with van der Waals surface area (Å²) in [6, 6.07) is 0. The molecule has 0 aliphatic heterocycles. The predicted molar refractivity (Wildman–Crippen MR) is 121 cm³/mol. The minimum absolute atomic E-state index is 0.131. The van der Waals surface area contributed by atoms with Gasteiger partial charge in [0.2, 0.25) is 10.8 Å². The van der Waals surface area contributed by atoms with Gasteiger partial charge in [-0.15, -0.1) is 23.2 Å². The largest absolute Gasteiger partial charge is 0.499 e. The van der Waals surface area contributed by atoms with Gasteiger partial charge in [-0.05, 0) is 49.4 Å². The third kappa shape index (κ3) is 2.62. The lowest BCUT2D eigenvalue weighted by Gasteiger charge is -2.64. The van der Waals surface area contributed by atoms with Crippen LogP contribution in [0.15, 0.2) is 23.6 Å². The number of ether oxygens (including phenoxy) is 1. The van der Waals surface area contributed by atoms with E-state index in [9.17, 15) is 19.1 Å². The molecule has 32 heavy (non-hydrogen) atoms. The Labute approximate surface area is 201 Å². The van der Waals surface area contributed by atoms with Gasteiger partial charge in [-0.25, -0.2) is 8.78 Å². The van der Waals surface area contributed by atoms with Crippen LogP contribution in [0.25, 0.3) is 0 Å². The monoisotopic (exact) mass is 506 g/mol. The fourth-order valence-electron chi connectivity index (χ4n) is 7.50. The average molecular weight is 507 g/mol. The molecule has 0 saturated heterocycles. The molecule has 0 radical (unpaired) electrons. The molecule has 4 rings (SSSR count). The highest BCUT2D eigenvalue weighted by Crippen LogP contribution is 2.73. The van der Waals surface area contributed by atoms with E-state index in [0.717, 1.165) is 6.08 Å². The zero-order valence-corrected chi connectivity index (χ0v) is 20.6. The summed E-state index contributed by atoms with van der Waals surface area (Å²) >= 11 is 19.5. The smallest absolute Gasteiger partial charge is 0.303 e. The quantitative estimate of drug-likeness (QED) is 0.302. The molecule has 0 amide bonds. The maximum absolute atomic E-state index is 15.6. The molecule has 4 nitrogen and oxygen atoms in total. The predicted octanol–water partition coefficient (Wildman–Crippen LogP) is 5.55. The molecular formula is C23H26Cl2F2O4S.